The Kier molecular flexibility index (Phi) is 4.51. The van der Waals surface area contributed by atoms with Crippen LogP contribution < -0.4 is 5.73 Å². The molecule has 2 aromatic heterocycles. The lowest BCUT2D eigenvalue weighted by molar-refractivity contribution is 0.181. The highest BCUT2D eigenvalue weighted by Crippen LogP contribution is 2.32. The van der Waals surface area contributed by atoms with Crippen molar-refractivity contribution >= 4 is 5.95 Å². The van der Waals surface area contributed by atoms with Gasteiger partial charge in [0.1, 0.15) is 5.82 Å². The molecule has 130 valence electrons. The predicted octanol–water partition coefficient (Wildman–Crippen LogP) is 2.80. The van der Waals surface area contributed by atoms with E-state index in [0.29, 0.717) is 17.8 Å². The number of nitrogens with zero attached hydrogens (tertiary/aromatic N) is 4. The Labute approximate surface area is 142 Å². The van der Waals surface area contributed by atoms with Gasteiger partial charge in [-0.1, -0.05) is 24.4 Å². The summed E-state index contributed by atoms with van der Waals surface area (Å²) in [5.41, 5.74) is 6.76. The molecule has 3 N–H and O–H groups in total. The van der Waals surface area contributed by atoms with Gasteiger partial charge in [-0.3, -0.25) is 10.00 Å². The second-order valence-electron chi connectivity index (χ2n) is 7.18. The Morgan fingerprint density at radius 3 is 2.62 bits per heavy atom. The minimum Gasteiger partial charge on any atom is -0.367 e. The van der Waals surface area contributed by atoms with Crippen molar-refractivity contribution in [1.82, 2.24) is 25.2 Å². The van der Waals surface area contributed by atoms with E-state index >= 15 is 0 Å². The zero-order chi connectivity index (χ0) is 16.4. The molecule has 0 bridgehead atoms. The Balaban J connectivity index is 1.30. The number of aromatic amines is 1. The molecule has 1 aliphatic carbocycles. The van der Waals surface area contributed by atoms with Gasteiger partial charge in [-0.2, -0.15) is 4.98 Å². The monoisotopic (exact) mass is 330 g/mol. The summed E-state index contributed by atoms with van der Waals surface area (Å²) >= 11 is 0. The number of hydrogen-bond acceptors (Lipinski definition) is 6. The third kappa shape index (κ3) is 3.45. The molecule has 0 unspecified atom stereocenters. The molecule has 7 heteroatoms. The second kappa shape index (κ2) is 6.93. The van der Waals surface area contributed by atoms with Crippen LogP contribution in [0.15, 0.2) is 10.6 Å². The van der Waals surface area contributed by atoms with Crippen LogP contribution in [-0.2, 0) is 6.54 Å². The number of H-pyrrole nitrogens is 1. The van der Waals surface area contributed by atoms with Crippen LogP contribution in [0.1, 0.15) is 74.1 Å². The van der Waals surface area contributed by atoms with Gasteiger partial charge in [-0.15, -0.1) is 5.10 Å². The number of nitrogens with one attached hydrogen (secondary N) is 1. The van der Waals surface area contributed by atoms with Crippen molar-refractivity contribution < 1.29 is 4.52 Å². The molecule has 2 aliphatic rings. The number of anilines is 1. The Morgan fingerprint density at radius 2 is 1.92 bits per heavy atom. The standard InChI is InChI=1S/C17H26N6O/c18-17-19-16(20-21-17)13-6-8-23(9-7-13)11-14-10-15(22-24-14)12-4-2-1-3-5-12/h10,12-13H,1-9,11H2,(H3,18,19,20,21). The summed E-state index contributed by atoms with van der Waals surface area (Å²) in [5, 5.41) is 11.2. The van der Waals surface area contributed by atoms with Crippen LogP contribution in [0, 0.1) is 0 Å². The zero-order valence-electron chi connectivity index (χ0n) is 14.1. The summed E-state index contributed by atoms with van der Waals surface area (Å²) in [5.74, 6) is 3.30. The van der Waals surface area contributed by atoms with Crippen molar-refractivity contribution in [2.75, 3.05) is 18.8 Å². The van der Waals surface area contributed by atoms with Crippen LogP contribution in [0.5, 0.6) is 0 Å². The number of nitrogen functional groups attached to an aromatic ring is 1. The fourth-order valence-corrected chi connectivity index (χ4v) is 4.05. The van der Waals surface area contributed by atoms with Crippen molar-refractivity contribution in [2.24, 2.45) is 0 Å². The van der Waals surface area contributed by atoms with Crippen LogP contribution in [0.2, 0.25) is 0 Å². The van der Waals surface area contributed by atoms with Crippen molar-refractivity contribution in [3.05, 3.63) is 23.3 Å². The summed E-state index contributed by atoms with van der Waals surface area (Å²) in [4.78, 5) is 6.69. The van der Waals surface area contributed by atoms with Crippen LogP contribution in [0.25, 0.3) is 0 Å². The van der Waals surface area contributed by atoms with E-state index in [9.17, 15) is 0 Å². The van der Waals surface area contributed by atoms with E-state index in [1.165, 1.54) is 32.1 Å². The smallest absolute Gasteiger partial charge is 0.239 e. The number of piperidine rings is 1. The Bertz CT molecular complexity index is 652. The number of aromatic nitrogens is 4. The fourth-order valence-electron chi connectivity index (χ4n) is 4.05. The van der Waals surface area contributed by atoms with E-state index in [1.807, 2.05) is 0 Å². The summed E-state index contributed by atoms with van der Waals surface area (Å²) < 4.78 is 5.60. The molecular weight excluding hydrogens is 304 g/mol. The van der Waals surface area contributed by atoms with Gasteiger partial charge in [0.05, 0.1) is 12.2 Å². The topological polar surface area (TPSA) is 96.9 Å². The molecule has 0 spiro atoms. The largest absolute Gasteiger partial charge is 0.367 e. The lowest BCUT2D eigenvalue weighted by atomic mass is 9.87. The van der Waals surface area contributed by atoms with Gasteiger partial charge in [-0.05, 0) is 38.8 Å². The minimum absolute atomic E-state index is 0.337. The highest BCUT2D eigenvalue weighted by molar-refractivity contribution is 5.15. The van der Waals surface area contributed by atoms with E-state index in [2.05, 4.69) is 31.3 Å². The number of nitrogens with two attached hydrogens (primary N) is 1. The summed E-state index contributed by atoms with van der Waals surface area (Å²) in [6.45, 7) is 2.92. The van der Waals surface area contributed by atoms with Gasteiger partial charge in [0, 0.05) is 17.9 Å². The molecule has 1 saturated carbocycles. The zero-order valence-corrected chi connectivity index (χ0v) is 14.1. The summed E-state index contributed by atoms with van der Waals surface area (Å²) in [6.07, 6.45) is 8.68. The van der Waals surface area contributed by atoms with Gasteiger partial charge in [0.2, 0.25) is 5.95 Å². The van der Waals surface area contributed by atoms with Gasteiger partial charge >= 0.3 is 0 Å². The molecule has 1 saturated heterocycles. The quantitative estimate of drug-likeness (QED) is 0.894. The maximum atomic E-state index is 5.60. The van der Waals surface area contributed by atoms with Crippen LogP contribution in [0.3, 0.4) is 0 Å². The molecule has 0 atom stereocenters. The van der Waals surface area contributed by atoms with Crippen LogP contribution in [0.4, 0.5) is 5.95 Å². The lowest BCUT2D eigenvalue weighted by Crippen LogP contribution is -2.32. The van der Waals surface area contributed by atoms with Gasteiger partial charge in [0.15, 0.2) is 5.76 Å². The molecular formula is C17H26N6O. The Hall–Kier alpha value is -1.89. The molecule has 4 rings (SSSR count). The second-order valence-corrected chi connectivity index (χ2v) is 7.18. The molecule has 2 fully saturated rings. The first-order chi connectivity index (χ1) is 11.8. The van der Waals surface area contributed by atoms with Gasteiger partial charge < -0.3 is 10.3 Å². The van der Waals surface area contributed by atoms with Crippen molar-refractivity contribution in [3.63, 3.8) is 0 Å². The average Bonchev–Trinajstić information content (AvgIpc) is 3.26. The first kappa shape index (κ1) is 15.6. The third-order valence-electron chi connectivity index (χ3n) is 5.47. The predicted molar refractivity (Wildman–Crippen MR) is 90.4 cm³/mol. The molecule has 7 nitrogen and oxygen atoms in total. The van der Waals surface area contributed by atoms with Crippen molar-refractivity contribution in [1.29, 1.82) is 0 Å². The first-order valence-electron chi connectivity index (χ1n) is 9.13. The maximum absolute atomic E-state index is 5.60. The summed E-state index contributed by atoms with van der Waals surface area (Å²) in [6, 6.07) is 2.18. The van der Waals surface area contributed by atoms with E-state index in [1.54, 1.807) is 0 Å². The molecule has 3 heterocycles. The molecule has 24 heavy (non-hydrogen) atoms. The first-order valence-corrected chi connectivity index (χ1v) is 9.13. The maximum Gasteiger partial charge on any atom is 0.239 e. The molecule has 2 aromatic rings. The van der Waals surface area contributed by atoms with E-state index in [4.69, 9.17) is 10.3 Å². The summed E-state index contributed by atoms with van der Waals surface area (Å²) in [7, 11) is 0. The van der Waals surface area contributed by atoms with Gasteiger partial charge in [0.25, 0.3) is 0 Å². The van der Waals surface area contributed by atoms with Crippen molar-refractivity contribution in [3.8, 4) is 0 Å². The fraction of sp³-hybridized carbons (Fsp3) is 0.706. The molecule has 1 aliphatic heterocycles. The van der Waals surface area contributed by atoms with E-state index in [0.717, 1.165) is 49.8 Å². The number of likely N-dealkylation sites (tertiary alicyclic amines) is 1. The van der Waals surface area contributed by atoms with E-state index < -0.39 is 0 Å². The van der Waals surface area contributed by atoms with Crippen LogP contribution >= 0.6 is 0 Å². The third-order valence-corrected chi connectivity index (χ3v) is 5.47. The molecule has 0 aromatic carbocycles. The highest BCUT2D eigenvalue weighted by Gasteiger charge is 2.25. The average molecular weight is 330 g/mol. The molecule has 0 radical (unpaired) electrons. The normalized spacial score (nSPS) is 21.3. The number of rotatable bonds is 4. The minimum atomic E-state index is 0.337. The molecule has 0 amide bonds. The van der Waals surface area contributed by atoms with Gasteiger partial charge in [-0.25, -0.2) is 0 Å². The van der Waals surface area contributed by atoms with Crippen LogP contribution in [-0.4, -0.2) is 38.3 Å². The number of hydrogen-bond donors (Lipinski definition) is 2. The highest BCUT2D eigenvalue weighted by atomic mass is 16.5. The SMILES string of the molecule is Nc1n[nH]c(C2CCN(Cc3cc(C4CCCCC4)no3)CC2)n1. The Morgan fingerprint density at radius 1 is 1.12 bits per heavy atom. The van der Waals surface area contributed by atoms with Crippen molar-refractivity contribution in [2.45, 2.75) is 63.3 Å². The van der Waals surface area contributed by atoms with E-state index in [-0.39, 0.29) is 0 Å². The lowest BCUT2D eigenvalue weighted by Gasteiger charge is -2.29.